The van der Waals surface area contributed by atoms with Gasteiger partial charge in [-0.2, -0.15) is 0 Å². The van der Waals surface area contributed by atoms with Crippen molar-refractivity contribution in [2.75, 3.05) is 0 Å². The minimum absolute atomic E-state index is 0.0380. The van der Waals surface area contributed by atoms with Crippen LogP contribution in [0.5, 0.6) is 0 Å². The largest absolute Gasteiger partial charge is 0.464 e. The van der Waals surface area contributed by atoms with Crippen LogP contribution in [-0.2, 0) is 20.7 Å². The number of fused-ring (bicyclic) bond motifs is 1. The van der Waals surface area contributed by atoms with Gasteiger partial charge >= 0.3 is 12.0 Å². The predicted molar refractivity (Wildman–Crippen MR) is 82.7 cm³/mol. The second-order valence-electron chi connectivity index (χ2n) is 5.36. The number of hydrogen-bond acceptors (Lipinski definition) is 5. The molecule has 0 saturated heterocycles. The number of primary amides is 1. The van der Waals surface area contributed by atoms with Crippen molar-refractivity contribution in [1.82, 2.24) is 5.32 Å². The minimum Gasteiger partial charge on any atom is -0.464 e. The second-order valence-corrected chi connectivity index (χ2v) is 5.36. The second kappa shape index (κ2) is 6.51. The fourth-order valence-corrected chi connectivity index (χ4v) is 2.14. The number of esters is 1. The van der Waals surface area contributed by atoms with Gasteiger partial charge < -0.3 is 14.9 Å². The van der Waals surface area contributed by atoms with Gasteiger partial charge in [-0.3, -0.25) is 14.9 Å². The van der Waals surface area contributed by atoms with E-state index in [9.17, 15) is 14.4 Å². The van der Waals surface area contributed by atoms with Gasteiger partial charge in [-0.15, -0.1) is 0 Å². The van der Waals surface area contributed by atoms with Crippen molar-refractivity contribution in [1.29, 1.82) is 0 Å². The Bertz CT molecular complexity index is 778. The smallest absolute Gasteiger partial charge is 0.318 e. The van der Waals surface area contributed by atoms with E-state index in [0.717, 1.165) is 16.5 Å². The number of carbonyl (C=O) groups is 3. The molecule has 0 aliphatic carbocycles. The van der Waals surface area contributed by atoms with Crippen LogP contribution >= 0.6 is 0 Å². The lowest BCUT2D eigenvalue weighted by Crippen LogP contribution is -2.42. The Kier molecular flexibility index (Phi) is 4.68. The minimum atomic E-state index is -1.11. The number of imide groups is 1. The van der Waals surface area contributed by atoms with Gasteiger partial charge in [-0.25, -0.2) is 4.79 Å². The number of nitrogens with two attached hydrogens (primary N) is 1. The molecule has 2 aromatic rings. The summed E-state index contributed by atoms with van der Waals surface area (Å²) in [6.45, 7) is 5.31. The maximum Gasteiger partial charge on any atom is 0.318 e. The third kappa shape index (κ3) is 3.88. The third-order valence-corrected chi connectivity index (χ3v) is 3.53. The van der Waals surface area contributed by atoms with Gasteiger partial charge in [-0.1, -0.05) is 0 Å². The summed E-state index contributed by atoms with van der Waals surface area (Å²) in [5.41, 5.74) is 8.38. The molecule has 1 aromatic heterocycles. The van der Waals surface area contributed by atoms with Crippen molar-refractivity contribution < 1.29 is 23.5 Å². The zero-order valence-corrected chi connectivity index (χ0v) is 13.1. The van der Waals surface area contributed by atoms with Crippen LogP contribution in [0.3, 0.4) is 0 Å². The fourth-order valence-electron chi connectivity index (χ4n) is 2.14. The molecule has 0 aliphatic heterocycles. The molecule has 1 aromatic carbocycles. The highest BCUT2D eigenvalue weighted by atomic mass is 16.5. The van der Waals surface area contributed by atoms with Crippen molar-refractivity contribution in [3.05, 3.63) is 35.1 Å². The summed E-state index contributed by atoms with van der Waals surface area (Å²) in [6, 6.07) is 2.85. The Morgan fingerprint density at radius 3 is 2.57 bits per heavy atom. The Balaban J connectivity index is 2.07. The van der Waals surface area contributed by atoms with E-state index in [-0.39, 0.29) is 6.42 Å². The fraction of sp³-hybridized carbons (Fsp3) is 0.312. The van der Waals surface area contributed by atoms with Crippen LogP contribution in [-0.4, -0.2) is 24.0 Å². The van der Waals surface area contributed by atoms with E-state index in [0.29, 0.717) is 11.1 Å². The van der Waals surface area contributed by atoms with Crippen molar-refractivity contribution in [2.45, 2.75) is 33.3 Å². The summed E-state index contributed by atoms with van der Waals surface area (Å²) in [5.74, 6) is -1.37. The summed E-state index contributed by atoms with van der Waals surface area (Å²) in [6.07, 6.45) is 0.347. The molecule has 1 heterocycles. The third-order valence-electron chi connectivity index (χ3n) is 3.53. The molecule has 0 aliphatic rings. The monoisotopic (exact) mass is 318 g/mol. The maximum atomic E-state index is 11.9. The highest BCUT2D eigenvalue weighted by Gasteiger charge is 2.20. The Morgan fingerprint density at radius 1 is 1.26 bits per heavy atom. The molecular weight excluding hydrogens is 300 g/mol. The van der Waals surface area contributed by atoms with E-state index in [4.69, 9.17) is 14.9 Å². The molecule has 0 bridgehead atoms. The van der Waals surface area contributed by atoms with Crippen molar-refractivity contribution in [2.24, 2.45) is 5.73 Å². The first-order chi connectivity index (χ1) is 10.8. The van der Waals surface area contributed by atoms with Crippen molar-refractivity contribution in [3.63, 3.8) is 0 Å². The number of nitrogens with one attached hydrogen (secondary N) is 1. The molecule has 7 heteroatoms. The summed E-state index contributed by atoms with van der Waals surface area (Å²) in [7, 11) is 0. The average molecular weight is 318 g/mol. The zero-order chi connectivity index (χ0) is 17.1. The molecule has 0 spiro atoms. The maximum absolute atomic E-state index is 11.9. The molecule has 2 rings (SSSR count). The standard InChI is InChI=1S/C16H18N2O5/c1-8-4-12-11(7-22-13(12)5-9(8)2)6-14(19)23-10(3)15(20)18-16(17)21/h4-5,7,10H,6H2,1-3H3,(H3,17,18,20,21)/t10-/m1/s1. The molecule has 7 nitrogen and oxygen atoms in total. The number of urea groups is 1. The van der Waals surface area contributed by atoms with Crippen LogP contribution in [0.15, 0.2) is 22.8 Å². The van der Waals surface area contributed by atoms with Crippen LogP contribution < -0.4 is 11.1 Å². The SMILES string of the molecule is Cc1cc2occ(CC(=O)O[C@H](C)C(=O)NC(N)=O)c2cc1C. The molecule has 23 heavy (non-hydrogen) atoms. The number of carbonyl (C=O) groups excluding carboxylic acids is 3. The number of hydrogen-bond donors (Lipinski definition) is 2. The molecule has 0 radical (unpaired) electrons. The summed E-state index contributed by atoms with van der Waals surface area (Å²) >= 11 is 0. The first kappa shape index (κ1) is 16.5. The van der Waals surface area contributed by atoms with Crippen LogP contribution in [0.25, 0.3) is 11.0 Å². The Labute approximate surface area is 132 Å². The van der Waals surface area contributed by atoms with Gasteiger partial charge in [0.05, 0.1) is 12.7 Å². The van der Waals surface area contributed by atoms with Gasteiger partial charge in [0.15, 0.2) is 6.10 Å². The Hall–Kier alpha value is -2.83. The molecule has 0 saturated carbocycles. The van der Waals surface area contributed by atoms with E-state index in [1.165, 1.54) is 13.2 Å². The highest BCUT2D eigenvalue weighted by Crippen LogP contribution is 2.25. The summed E-state index contributed by atoms with van der Waals surface area (Å²) < 4.78 is 10.4. The van der Waals surface area contributed by atoms with Crippen molar-refractivity contribution in [3.8, 4) is 0 Å². The highest BCUT2D eigenvalue weighted by molar-refractivity contribution is 5.96. The van der Waals surface area contributed by atoms with Crippen LogP contribution in [0, 0.1) is 13.8 Å². The number of aryl methyl sites for hydroxylation is 2. The van der Waals surface area contributed by atoms with E-state index in [2.05, 4.69) is 0 Å². The number of rotatable bonds is 4. The summed E-state index contributed by atoms with van der Waals surface area (Å²) in [5, 5.41) is 2.69. The predicted octanol–water partition coefficient (Wildman–Crippen LogP) is 1.72. The molecular formula is C16H18N2O5. The van der Waals surface area contributed by atoms with E-state index in [1.54, 1.807) is 0 Å². The van der Waals surface area contributed by atoms with E-state index < -0.39 is 24.0 Å². The average Bonchev–Trinajstić information content (AvgIpc) is 2.80. The lowest BCUT2D eigenvalue weighted by Gasteiger charge is -2.11. The van der Waals surface area contributed by atoms with Gasteiger partial charge in [-0.05, 0) is 44.0 Å². The van der Waals surface area contributed by atoms with Gasteiger partial charge in [0.25, 0.3) is 5.91 Å². The lowest BCUT2D eigenvalue weighted by atomic mass is 10.0. The normalized spacial score (nSPS) is 12.0. The number of benzene rings is 1. The zero-order valence-electron chi connectivity index (χ0n) is 13.1. The van der Waals surface area contributed by atoms with Crippen LogP contribution in [0.2, 0.25) is 0 Å². The number of amides is 3. The van der Waals surface area contributed by atoms with Gasteiger partial charge in [0, 0.05) is 10.9 Å². The molecule has 0 unspecified atom stereocenters. The van der Waals surface area contributed by atoms with Gasteiger partial charge in [0.2, 0.25) is 0 Å². The molecule has 1 atom stereocenters. The first-order valence-corrected chi connectivity index (χ1v) is 7.05. The number of furan rings is 1. The summed E-state index contributed by atoms with van der Waals surface area (Å²) in [4.78, 5) is 34.0. The van der Waals surface area contributed by atoms with Crippen molar-refractivity contribution >= 4 is 28.9 Å². The van der Waals surface area contributed by atoms with Crippen LogP contribution in [0.1, 0.15) is 23.6 Å². The number of ether oxygens (including phenoxy) is 1. The van der Waals surface area contributed by atoms with E-state index >= 15 is 0 Å². The van der Waals surface area contributed by atoms with Gasteiger partial charge in [0.1, 0.15) is 5.58 Å². The first-order valence-electron chi connectivity index (χ1n) is 7.05. The quantitative estimate of drug-likeness (QED) is 0.834. The Morgan fingerprint density at radius 2 is 1.91 bits per heavy atom. The van der Waals surface area contributed by atoms with E-state index in [1.807, 2.05) is 31.3 Å². The topological polar surface area (TPSA) is 112 Å². The molecule has 3 amide bonds. The molecule has 122 valence electrons. The van der Waals surface area contributed by atoms with Crippen LogP contribution in [0.4, 0.5) is 4.79 Å². The molecule has 3 N–H and O–H groups in total. The lowest BCUT2D eigenvalue weighted by molar-refractivity contribution is -0.153. The molecule has 0 fully saturated rings.